The fraction of sp³-hybridized carbons (Fsp3) is 0.348. The summed E-state index contributed by atoms with van der Waals surface area (Å²) in [6, 6.07) is 13.6. The molecule has 7 nitrogen and oxygen atoms in total. The molecular weight excluding hydrogens is 378 g/mol. The molecule has 4 rings (SSSR count). The van der Waals surface area contributed by atoms with E-state index >= 15 is 0 Å². The molecular formula is C23H27N5O2. The number of hydrogen-bond donors (Lipinski definition) is 1. The van der Waals surface area contributed by atoms with Gasteiger partial charge in [0, 0.05) is 32.6 Å². The minimum absolute atomic E-state index is 0.00696. The predicted molar refractivity (Wildman–Crippen MR) is 115 cm³/mol. The summed E-state index contributed by atoms with van der Waals surface area (Å²) >= 11 is 0. The minimum Gasteiger partial charge on any atom is -0.465 e. The molecule has 0 spiro atoms. The van der Waals surface area contributed by atoms with Crippen molar-refractivity contribution in [1.82, 2.24) is 25.0 Å². The number of hydrogen-bond acceptors (Lipinski definition) is 5. The number of carbonyl (C=O) groups excluding carboxylic acids is 1. The van der Waals surface area contributed by atoms with Crippen LogP contribution >= 0.6 is 0 Å². The van der Waals surface area contributed by atoms with Crippen LogP contribution in [0.4, 0.5) is 0 Å². The highest BCUT2D eigenvalue weighted by Crippen LogP contribution is 2.13. The number of fused-ring (bicyclic) bond motifs is 1. The third-order valence-electron chi connectivity index (χ3n) is 5.25. The van der Waals surface area contributed by atoms with Gasteiger partial charge in [-0.3, -0.25) is 9.69 Å². The van der Waals surface area contributed by atoms with E-state index in [9.17, 15) is 4.79 Å². The average Bonchev–Trinajstić information content (AvgIpc) is 3.34. The molecule has 30 heavy (non-hydrogen) atoms. The fourth-order valence-electron chi connectivity index (χ4n) is 3.75. The summed E-state index contributed by atoms with van der Waals surface area (Å²) in [5, 5.41) is 11.6. The molecule has 0 radical (unpaired) electrons. The van der Waals surface area contributed by atoms with Crippen LogP contribution in [-0.4, -0.2) is 45.2 Å². The van der Waals surface area contributed by atoms with Crippen LogP contribution in [0.2, 0.25) is 0 Å². The Kier molecular flexibility index (Phi) is 6.39. The van der Waals surface area contributed by atoms with Gasteiger partial charge in [0.25, 0.3) is 0 Å². The van der Waals surface area contributed by atoms with Gasteiger partial charge in [0.1, 0.15) is 11.6 Å². The van der Waals surface area contributed by atoms with Crippen LogP contribution in [-0.2, 0) is 30.7 Å². The molecule has 3 heterocycles. The van der Waals surface area contributed by atoms with Crippen molar-refractivity contribution in [2.24, 2.45) is 0 Å². The third-order valence-corrected chi connectivity index (χ3v) is 5.25. The first-order chi connectivity index (χ1) is 14.7. The van der Waals surface area contributed by atoms with Gasteiger partial charge in [0.2, 0.25) is 5.91 Å². The van der Waals surface area contributed by atoms with Crippen LogP contribution in [0.25, 0.3) is 6.08 Å². The lowest BCUT2D eigenvalue weighted by Crippen LogP contribution is -2.29. The van der Waals surface area contributed by atoms with Crippen molar-refractivity contribution in [2.45, 2.75) is 32.9 Å². The number of nitrogens with zero attached hydrogens (tertiary/aromatic N) is 4. The number of aromatic nitrogens is 3. The molecule has 1 aliphatic rings. The van der Waals surface area contributed by atoms with E-state index < -0.39 is 0 Å². The first-order valence-electron chi connectivity index (χ1n) is 10.3. The Balaban J connectivity index is 1.31. The highest BCUT2D eigenvalue weighted by atomic mass is 16.3. The second-order valence-electron chi connectivity index (χ2n) is 7.66. The fourth-order valence-corrected chi connectivity index (χ4v) is 3.75. The lowest BCUT2D eigenvalue weighted by molar-refractivity contribution is -0.120. The molecule has 2 aromatic heterocycles. The standard InChI is InChI=1S/C23H27N5O2/c1-18(14-20-8-5-13-30-20)17-27-10-9-21-25-26-22(28(21)12-11-27)16-24-23(29)15-19-6-3-2-4-7-19/h2-8,13-14H,9-12,15-17H2,1H3,(H,24,29)/b18-14+. The monoisotopic (exact) mass is 405 g/mol. The quantitative estimate of drug-likeness (QED) is 0.654. The van der Waals surface area contributed by atoms with Crippen LogP contribution in [0, 0.1) is 0 Å². The van der Waals surface area contributed by atoms with Crippen molar-refractivity contribution in [3.63, 3.8) is 0 Å². The molecule has 156 valence electrons. The second-order valence-corrected chi connectivity index (χ2v) is 7.66. The molecule has 0 aliphatic carbocycles. The van der Waals surface area contributed by atoms with Crippen molar-refractivity contribution in [3.8, 4) is 0 Å². The highest BCUT2D eigenvalue weighted by Gasteiger charge is 2.19. The number of amides is 1. The van der Waals surface area contributed by atoms with Crippen molar-refractivity contribution < 1.29 is 9.21 Å². The molecule has 3 aromatic rings. The highest BCUT2D eigenvalue weighted by molar-refractivity contribution is 5.78. The van der Waals surface area contributed by atoms with Gasteiger partial charge < -0.3 is 14.3 Å². The Morgan fingerprint density at radius 2 is 2.00 bits per heavy atom. The molecule has 1 aliphatic heterocycles. The minimum atomic E-state index is -0.00696. The molecule has 1 amide bonds. The van der Waals surface area contributed by atoms with Crippen molar-refractivity contribution in [1.29, 1.82) is 0 Å². The van der Waals surface area contributed by atoms with Gasteiger partial charge in [-0.15, -0.1) is 10.2 Å². The molecule has 0 fully saturated rings. The number of furan rings is 1. The zero-order valence-electron chi connectivity index (χ0n) is 17.3. The van der Waals surface area contributed by atoms with Crippen LogP contribution in [0.5, 0.6) is 0 Å². The maximum Gasteiger partial charge on any atom is 0.224 e. The summed E-state index contributed by atoms with van der Waals surface area (Å²) in [6.07, 6.45) is 4.99. The first-order valence-corrected chi connectivity index (χ1v) is 10.3. The lowest BCUT2D eigenvalue weighted by Gasteiger charge is -2.19. The molecule has 0 atom stereocenters. The molecule has 1 N–H and O–H groups in total. The van der Waals surface area contributed by atoms with E-state index in [-0.39, 0.29) is 5.91 Å². The Morgan fingerprint density at radius 1 is 1.13 bits per heavy atom. The maximum atomic E-state index is 12.3. The Bertz CT molecular complexity index is 992. The van der Waals surface area contributed by atoms with Gasteiger partial charge in [0.05, 0.1) is 19.2 Å². The van der Waals surface area contributed by atoms with Crippen molar-refractivity contribution >= 4 is 12.0 Å². The molecule has 0 bridgehead atoms. The summed E-state index contributed by atoms with van der Waals surface area (Å²) in [4.78, 5) is 14.7. The normalized spacial score (nSPS) is 14.9. The van der Waals surface area contributed by atoms with Gasteiger partial charge in [-0.1, -0.05) is 35.9 Å². The van der Waals surface area contributed by atoms with Crippen molar-refractivity contribution in [3.05, 3.63) is 77.3 Å². The zero-order valence-corrected chi connectivity index (χ0v) is 17.3. The average molecular weight is 406 g/mol. The van der Waals surface area contributed by atoms with E-state index in [0.29, 0.717) is 13.0 Å². The molecule has 0 saturated heterocycles. The number of rotatable bonds is 7. The molecule has 0 unspecified atom stereocenters. The Labute approximate surface area is 176 Å². The van der Waals surface area contributed by atoms with E-state index in [1.54, 1.807) is 6.26 Å². The Hall–Kier alpha value is -3.19. The smallest absolute Gasteiger partial charge is 0.224 e. The van der Waals surface area contributed by atoms with Crippen LogP contribution in [0.3, 0.4) is 0 Å². The van der Waals surface area contributed by atoms with E-state index in [0.717, 1.165) is 55.6 Å². The summed E-state index contributed by atoms with van der Waals surface area (Å²) < 4.78 is 7.55. The van der Waals surface area contributed by atoms with Crippen LogP contribution in [0.1, 0.15) is 29.9 Å². The number of carbonyl (C=O) groups is 1. The summed E-state index contributed by atoms with van der Waals surface area (Å²) in [7, 11) is 0. The Morgan fingerprint density at radius 3 is 2.80 bits per heavy atom. The number of benzene rings is 1. The third kappa shape index (κ3) is 5.24. The first kappa shape index (κ1) is 20.1. The van der Waals surface area contributed by atoms with Gasteiger partial charge >= 0.3 is 0 Å². The topological polar surface area (TPSA) is 76.2 Å². The van der Waals surface area contributed by atoms with E-state index in [4.69, 9.17) is 4.42 Å². The van der Waals surface area contributed by atoms with E-state index in [1.807, 2.05) is 42.5 Å². The lowest BCUT2D eigenvalue weighted by atomic mass is 10.1. The SMILES string of the molecule is C/C(=C\c1ccco1)CN1CCc2nnc(CNC(=O)Cc3ccccc3)n2CC1. The van der Waals surface area contributed by atoms with Gasteiger partial charge in [-0.05, 0) is 30.7 Å². The predicted octanol–water partition coefficient (Wildman–Crippen LogP) is 2.69. The van der Waals surface area contributed by atoms with Crippen LogP contribution in [0.15, 0.2) is 58.7 Å². The van der Waals surface area contributed by atoms with Crippen molar-refractivity contribution in [2.75, 3.05) is 19.6 Å². The summed E-state index contributed by atoms with van der Waals surface area (Å²) in [5.74, 6) is 2.68. The molecule has 7 heteroatoms. The van der Waals surface area contributed by atoms with Gasteiger partial charge in [0.15, 0.2) is 5.82 Å². The molecule has 1 aromatic carbocycles. The van der Waals surface area contributed by atoms with Gasteiger partial charge in [-0.25, -0.2) is 0 Å². The van der Waals surface area contributed by atoms with Gasteiger partial charge in [-0.2, -0.15) is 0 Å². The van der Waals surface area contributed by atoms with Crippen LogP contribution < -0.4 is 5.32 Å². The maximum absolute atomic E-state index is 12.3. The number of nitrogens with one attached hydrogen (secondary N) is 1. The summed E-state index contributed by atoms with van der Waals surface area (Å²) in [6.45, 7) is 6.08. The largest absolute Gasteiger partial charge is 0.465 e. The zero-order chi connectivity index (χ0) is 20.8. The van der Waals surface area contributed by atoms with E-state index in [1.165, 1.54) is 5.57 Å². The van der Waals surface area contributed by atoms with E-state index in [2.05, 4.69) is 38.0 Å². The second kappa shape index (κ2) is 9.54. The molecule has 0 saturated carbocycles. The summed E-state index contributed by atoms with van der Waals surface area (Å²) in [5.41, 5.74) is 2.26.